The van der Waals surface area contributed by atoms with Gasteiger partial charge in [-0.3, -0.25) is 0 Å². The molecule has 1 rings (SSSR count). The van der Waals surface area contributed by atoms with E-state index in [0.29, 0.717) is 0 Å². The summed E-state index contributed by atoms with van der Waals surface area (Å²) in [6.07, 6.45) is 0. The predicted molar refractivity (Wildman–Crippen MR) is 48.1 cm³/mol. The fourth-order valence-electron chi connectivity index (χ4n) is 0.526. The van der Waals surface area contributed by atoms with Crippen molar-refractivity contribution in [1.82, 2.24) is 0 Å². The van der Waals surface area contributed by atoms with Crippen LogP contribution >= 0.6 is 11.6 Å². The van der Waals surface area contributed by atoms with Crippen molar-refractivity contribution in [3.05, 3.63) is 41.8 Å². The fraction of sp³-hybridized carbons (Fsp3) is 0. The van der Waals surface area contributed by atoms with E-state index in [9.17, 15) is 0 Å². The number of hydrogen-bond donors (Lipinski definition) is 3. The van der Waals surface area contributed by atoms with Crippen LogP contribution in [0.15, 0.2) is 30.3 Å². The first-order chi connectivity index (χ1) is 5.66. The van der Waals surface area contributed by atoms with Crippen molar-refractivity contribution < 1.29 is 44.6 Å². The van der Waals surface area contributed by atoms with Gasteiger partial charge in [0.15, 0.2) is 0 Å². The second-order valence-corrected chi connectivity index (χ2v) is 2.08. The Morgan fingerprint density at radius 2 is 1.46 bits per heavy atom. The van der Waals surface area contributed by atoms with Crippen molar-refractivity contribution in [2.45, 2.75) is 0 Å². The van der Waals surface area contributed by atoms with E-state index in [1.165, 1.54) is 0 Å². The molecule has 0 fully saturated rings. The summed E-state index contributed by atoms with van der Waals surface area (Å²) in [7, 11) is -2.17. The predicted octanol–water partition coefficient (Wildman–Crippen LogP) is -2.61. The molecule has 0 saturated carbocycles. The third kappa shape index (κ3) is 12.3. The molecule has 0 saturated heterocycles. The summed E-state index contributed by atoms with van der Waals surface area (Å²) in [4.78, 5) is 0. The van der Waals surface area contributed by atoms with Gasteiger partial charge in [-0.25, -0.2) is 0 Å². The molecule has 0 unspecified atom stereocenters. The minimum absolute atomic E-state index is 0. The average molecular weight is 210 g/mol. The van der Waals surface area contributed by atoms with Crippen molar-refractivity contribution in [3.63, 3.8) is 0 Å². The quantitative estimate of drug-likeness (QED) is 0.352. The first-order valence-electron chi connectivity index (χ1n) is 3.19. The van der Waals surface area contributed by atoms with E-state index in [1.807, 2.05) is 30.3 Å². The first-order valence-corrected chi connectivity index (χ1v) is 3.63. The molecule has 3 N–H and O–H groups in total. The van der Waals surface area contributed by atoms with Gasteiger partial charge in [0, 0.05) is 0 Å². The van der Waals surface area contributed by atoms with Crippen LogP contribution in [0.4, 0.5) is 0 Å². The van der Waals surface area contributed by atoms with Crippen LogP contribution in [0.5, 0.6) is 0 Å². The van der Waals surface area contributed by atoms with E-state index < -0.39 is 7.32 Å². The van der Waals surface area contributed by atoms with Gasteiger partial charge in [0.1, 0.15) is 0 Å². The second kappa shape index (κ2) is 10.4. The van der Waals surface area contributed by atoms with Gasteiger partial charge in [0.05, 0.1) is 0 Å². The van der Waals surface area contributed by atoms with Crippen LogP contribution in [0.2, 0.25) is 0 Å². The normalized spacial score (nSPS) is 7.38. The van der Waals surface area contributed by atoms with Gasteiger partial charge in [-0.1, -0.05) is 11.9 Å². The van der Waals surface area contributed by atoms with Crippen molar-refractivity contribution in [2.24, 2.45) is 0 Å². The Bertz CT molecular complexity index is 195. The molecule has 6 heteroatoms. The molecule has 66 valence electrons. The molecule has 0 bridgehead atoms. The van der Waals surface area contributed by atoms with Crippen LogP contribution in [0.3, 0.4) is 0 Å². The summed E-state index contributed by atoms with van der Waals surface area (Å²) in [6, 6.07) is 9.77. The molecule has 13 heavy (non-hydrogen) atoms. The number of benzene rings is 1. The Hall–Kier alpha value is 0.325. The van der Waals surface area contributed by atoms with Gasteiger partial charge in [0.2, 0.25) is 0 Å². The zero-order chi connectivity index (χ0) is 9.40. The standard InChI is InChI=1S/C7H6Cl.BH3O3.Na/c8-6-7-4-2-1-3-5-7;2-1(3)4;/h1-6H;2-4H;/q-1;;+1. The van der Waals surface area contributed by atoms with Gasteiger partial charge in [-0.05, 0) is 0 Å². The third-order valence-corrected chi connectivity index (χ3v) is 1.18. The maximum absolute atomic E-state index is 7.17. The van der Waals surface area contributed by atoms with Crippen LogP contribution in [-0.4, -0.2) is 22.4 Å². The van der Waals surface area contributed by atoms with Crippen molar-refractivity contribution in [2.75, 3.05) is 0 Å². The van der Waals surface area contributed by atoms with Crippen molar-refractivity contribution in [3.8, 4) is 0 Å². The summed E-state index contributed by atoms with van der Waals surface area (Å²) >= 11 is 5.40. The Labute approximate surface area is 105 Å². The Kier molecular flexibility index (Phi) is 12.6. The Morgan fingerprint density at radius 1 is 1.08 bits per heavy atom. The molecule has 1 aromatic rings. The second-order valence-electron chi connectivity index (χ2n) is 1.87. The maximum atomic E-state index is 7.17. The monoisotopic (exact) mass is 210 g/mol. The topological polar surface area (TPSA) is 60.7 Å². The van der Waals surface area contributed by atoms with Crippen LogP contribution in [-0.2, 0) is 0 Å². The number of halogens is 1. The molecular weight excluding hydrogens is 201 g/mol. The Morgan fingerprint density at radius 3 is 1.69 bits per heavy atom. The van der Waals surface area contributed by atoms with E-state index >= 15 is 0 Å². The summed E-state index contributed by atoms with van der Waals surface area (Å²) in [6.45, 7) is 0. The van der Waals surface area contributed by atoms with Gasteiger partial charge in [-0.15, -0.1) is 12.1 Å². The molecule has 0 amide bonds. The van der Waals surface area contributed by atoms with Crippen molar-refractivity contribution >= 4 is 18.9 Å². The summed E-state index contributed by atoms with van der Waals surface area (Å²) < 4.78 is 0. The minimum atomic E-state index is -2.17. The zero-order valence-corrected chi connectivity index (χ0v) is 10.0. The summed E-state index contributed by atoms with van der Waals surface area (Å²) in [5, 5.41) is 21.5. The van der Waals surface area contributed by atoms with Crippen LogP contribution < -0.4 is 29.6 Å². The smallest absolute Gasteiger partial charge is 0.402 e. The fourth-order valence-corrected chi connectivity index (χ4v) is 0.671. The van der Waals surface area contributed by atoms with Gasteiger partial charge >= 0.3 is 36.9 Å². The molecule has 0 atom stereocenters. The molecule has 0 aliphatic carbocycles. The number of rotatable bonds is 1. The minimum Gasteiger partial charge on any atom is -0.402 e. The van der Waals surface area contributed by atoms with Crippen LogP contribution in [0.25, 0.3) is 0 Å². The Balaban J connectivity index is 0. The molecule has 0 aliphatic heterocycles. The molecule has 3 nitrogen and oxygen atoms in total. The summed E-state index contributed by atoms with van der Waals surface area (Å²) in [5.74, 6) is 1.56. The molecule has 0 aliphatic rings. The average Bonchev–Trinajstić information content (AvgIpc) is 2.05. The van der Waals surface area contributed by atoms with Gasteiger partial charge < -0.3 is 15.1 Å². The zero-order valence-electron chi connectivity index (χ0n) is 7.26. The van der Waals surface area contributed by atoms with E-state index in [-0.39, 0.29) is 29.6 Å². The van der Waals surface area contributed by atoms with E-state index in [1.54, 1.807) is 5.88 Å². The van der Waals surface area contributed by atoms with Crippen LogP contribution in [0.1, 0.15) is 5.56 Å². The van der Waals surface area contributed by atoms with Gasteiger partial charge in [-0.2, -0.15) is 29.3 Å². The SMILES string of the molecule is Cl[CH-]c1ccccc1.OB(O)O.[Na+]. The van der Waals surface area contributed by atoms with Crippen LogP contribution in [0, 0.1) is 5.88 Å². The number of hydrogen-bond acceptors (Lipinski definition) is 3. The maximum Gasteiger partial charge on any atom is 1.00 e. The molecular formula is C7H9BClNaO3. The molecule has 1 aromatic carbocycles. The van der Waals surface area contributed by atoms with Crippen molar-refractivity contribution in [1.29, 1.82) is 0 Å². The molecule has 0 aromatic heterocycles. The largest absolute Gasteiger partial charge is 1.00 e. The van der Waals surface area contributed by atoms with E-state index in [0.717, 1.165) is 5.56 Å². The first kappa shape index (κ1) is 15.8. The summed E-state index contributed by atoms with van der Waals surface area (Å²) in [5.41, 5.74) is 1.05. The van der Waals surface area contributed by atoms with Gasteiger partial charge in [0.25, 0.3) is 0 Å². The van der Waals surface area contributed by atoms with E-state index in [2.05, 4.69) is 0 Å². The van der Waals surface area contributed by atoms with E-state index in [4.69, 9.17) is 26.7 Å². The third-order valence-electron chi connectivity index (χ3n) is 0.926. The molecule has 0 spiro atoms. The molecule has 0 heterocycles. The molecule has 0 radical (unpaired) electrons.